The first-order valence-corrected chi connectivity index (χ1v) is 8.24. The van der Waals surface area contributed by atoms with Gasteiger partial charge in [-0.1, -0.05) is 50.6 Å². The van der Waals surface area contributed by atoms with Crippen LogP contribution in [0.25, 0.3) is 0 Å². The Morgan fingerprint density at radius 2 is 2.05 bits per heavy atom. The van der Waals surface area contributed by atoms with Crippen LogP contribution in [0.1, 0.15) is 48.3 Å². The molecule has 1 amide bonds. The molecule has 1 unspecified atom stereocenters. The van der Waals surface area contributed by atoms with Gasteiger partial charge in [0.25, 0.3) is 5.91 Å². The number of amides is 1. The topological polar surface area (TPSA) is 42.0 Å². The SMILES string of the molecule is CC(C)CC(C)c1ccccc1NC(=O)c1scnc1Cl. The van der Waals surface area contributed by atoms with Crippen molar-refractivity contribution < 1.29 is 4.79 Å². The van der Waals surface area contributed by atoms with Crippen molar-refractivity contribution in [2.24, 2.45) is 5.92 Å². The van der Waals surface area contributed by atoms with E-state index in [1.54, 1.807) is 5.51 Å². The van der Waals surface area contributed by atoms with E-state index in [1.165, 1.54) is 11.3 Å². The van der Waals surface area contributed by atoms with E-state index in [2.05, 4.69) is 37.1 Å². The summed E-state index contributed by atoms with van der Waals surface area (Å²) in [5.74, 6) is 0.796. The largest absolute Gasteiger partial charge is 0.321 e. The number of para-hydroxylation sites is 1. The Morgan fingerprint density at radius 1 is 1.33 bits per heavy atom. The number of nitrogens with one attached hydrogen (secondary N) is 1. The Labute approximate surface area is 134 Å². The first-order chi connectivity index (χ1) is 9.99. The highest BCUT2D eigenvalue weighted by Gasteiger charge is 2.17. The summed E-state index contributed by atoms with van der Waals surface area (Å²) in [6.07, 6.45) is 1.08. The normalized spacial score (nSPS) is 12.4. The second-order valence-electron chi connectivity index (χ2n) is 5.54. The van der Waals surface area contributed by atoms with E-state index < -0.39 is 0 Å². The predicted molar refractivity (Wildman–Crippen MR) is 89.4 cm³/mol. The Balaban J connectivity index is 2.21. The van der Waals surface area contributed by atoms with Crippen LogP contribution in [-0.2, 0) is 0 Å². The maximum Gasteiger partial charge on any atom is 0.268 e. The highest BCUT2D eigenvalue weighted by Crippen LogP contribution is 2.30. The van der Waals surface area contributed by atoms with Crippen LogP contribution in [-0.4, -0.2) is 10.9 Å². The zero-order chi connectivity index (χ0) is 15.4. The monoisotopic (exact) mass is 322 g/mol. The molecule has 1 aromatic heterocycles. The summed E-state index contributed by atoms with van der Waals surface area (Å²) in [7, 11) is 0. The maximum atomic E-state index is 12.3. The summed E-state index contributed by atoms with van der Waals surface area (Å²) in [5.41, 5.74) is 3.57. The van der Waals surface area contributed by atoms with Crippen molar-refractivity contribution >= 4 is 34.5 Å². The van der Waals surface area contributed by atoms with Crippen molar-refractivity contribution in [3.8, 4) is 0 Å². The number of nitrogens with zero attached hydrogens (tertiary/aromatic N) is 1. The second kappa shape index (κ2) is 7.05. The van der Waals surface area contributed by atoms with Crippen LogP contribution in [0, 0.1) is 5.92 Å². The lowest BCUT2D eigenvalue weighted by molar-refractivity contribution is 0.103. The van der Waals surface area contributed by atoms with E-state index in [-0.39, 0.29) is 11.1 Å². The number of thiazole rings is 1. The summed E-state index contributed by atoms with van der Waals surface area (Å²) >= 11 is 7.16. The lowest BCUT2D eigenvalue weighted by Gasteiger charge is -2.18. The van der Waals surface area contributed by atoms with Gasteiger partial charge < -0.3 is 5.32 Å². The van der Waals surface area contributed by atoms with E-state index in [9.17, 15) is 4.79 Å². The first kappa shape index (κ1) is 16.0. The number of halogens is 1. The van der Waals surface area contributed by atoms with Gasteiger partial charge in [0.1, 0.15) is 4.88 Å². The van der Waals surface area contributed by atoms with E-state index >= 15 is 0 Å². The van der Waals surface area contributed by atoms with Crippen molar-refractivity contribution in [1.29, 1.82) is 0 Å². The molecule has 0 bridgehead atoms. The molecular weight excluding hydrogens is 304 g/mol. The Kier molecular flexibility index (Phi) is 5.37. The van der Waals surface area contributed by atoms with E-state index in [4.69, 9.17) is 11.6 Å². The molecular formula is C16H19ClN2OS. The fraction of sp³-hybridized carbons (Fsp3) is 0.375. The summed E-state index contributed by atoms with van der Waals surface area (Å²) in [6.45, 7) is 6.59. The molecule has 1 heterocycles. The van der Waals surface area contributed by atoms with Gasteiger partial charge in [-0.2, -0.15) is 0 Å². The molecule has 112 valence electrons. The highest BCUT2D eigenvalue weighted by molar-refractivity contribution is 7.12. The zero-order valence-electron chi connectivity index (χ0n) is 12.4. The number of rotatable bonds is 5. The summed E-state index contributed by atoms with van der Waals surface area (Å²) < 4.78 is 0. The molecule has 0 saturated carbocycles. The van der Waals surface area contributed by atoms with E-state index in [0.29, 0.717) is 16.7 Å². The first-order valence-electron chi connectivity index (χ1n) is 6.98. The average Bonchev–Trinajstić information content (AvgIpc) is 2.84. The third kappa shape index (κ3) is 4.05. The molecule has 2 aromatic rings. The lowest BCUT2D eigenvalue weighted by atomic mass is 9.91. The van der Waals surface area contributed by atoms with Gasteiger partial charge in [-0.15, -0.1) is 11.3 Å². The second-order valence-corrected chi connectivity index (χ2v) is 6.76. The van der Waals surface area contributed by atoms with Gasteiger partial charge in [-0.05, 0) is 29.9 Å². The van der Waals surface area contributed by atoms with Crippen LogP contribution in [0.4, 0.5) is 5.69 Å². The van der Waals surface area contributed by atoms with Gasteiger partial charge in [0.15, 0.2) is 5.15 Å². The average molecular weight is 323 g/mol. The molecule has 21 heavy (non-hydrogen) atoms. The number of aromatic nitrogens is 1. The molecule has 5 heteroatoms. The quantitative estimate of drug-likeness (QED) is 0.822. The smallest absolute Gasteiger partial charge is 0.268 e. The van der Waals surface area contributed by atoms with Gasteiger partial charge >= 0.3 is 0 Å². The van der Waals surface area contributed by atoms with Crippen molar-refractivity contribution in [3.05, 3.63) is 45.4 Å². The molecule has 0 spiro atoms. The van der Waals surface area contributed by atoms with Gasteiger partial charge in [-0.25, -0.2) is 4.98 Å². The molecule has 0 aliphatic rings. The Morgan fingerprint density at radius 3 is 2.67 bits per heavy atom. The molecule has 0 saturated heterocycles. The third-order valence-corrected chi connectivity index (χ3v) is 4.52. The Hall–Kier alpha value is -1.39. The number of carbonyl (C=O) groups is 1. The Bertz CT molecular complexity index is 624. The lowest BCUT2D eigenvalue weighted by Crippen LogP contribution is -2.13. The summed E-state index contributed by atoms with van der Waals surface area (Å²) in [5, 5.41) is 3.21. The summed E-state index contributed by atoms with van der Waals surface area (Å²) in [4.78, 5) is 16.6. The fourth-order valence-electron chi connectivity index (χ4n) is 2.43. The molecule has 1 N–H and O–H groups in total. The molecule has 0 aliphatic heterocycles. The number of anilines is 1. The molecule has 0 fully saturated rings. The molecule has 2 rings (SSSR count). The molecule has 0 radical (unpaired) electrons. The predicted octanol–water partition coefficient (Wildman–Crippen LogP) is 5.20. The number of hydrogen-bond acceptors (Lipinski definition) is 3. The van der Waals surface area contributed by atoms with Crippen LogP contribution in [0.3, 0.4) is 0 Å². The van der Waals surface area contributed by atoms with Crippen LogP contribution in [0.5, 0.6) is 0 Å². The van der Waals surface area contributed by atoms with Crippen molar-refractivity contribution in [1.82, 2.24) is 4.98 Å². The molecule has 1 aromatic carbocycles. The van der Waals surface area contributed by atoms with Gasteiger partial charge in [-0.3, -0.25) is 4.79 Å². The van der Waals surface area contributed by atoms with Crippen LogP contribution >= 0.6 is 22.9 Å². The number of hydrogen-bond donors (Lipinski definition) is 1. The highest BCUT2D eigenvalue weighted by atomic mass is 35.5. The maximum absolute atomic E-state index is 12.3. The van der Waals surface area contributed by atoms with Gasteiger partial charge in [0, 0.05) is 5.69 Å². The number of carbonyl (C=O) groups excluding carboxylic acids is 1. The van der Waals surface area contributed by atoms with E-state index in [1.807, 2.05) is 18.2 Å². The minimum Gasteiger partial charge on any atom is -0.321 e. The van der Waals surface area contributed by atoms with Crippen LogP contribution in [0.2, 0.25) is 5.15 Å². The van der Waals surface area contributed by atoms with Crippen LogP contribution < -0.4 is 5.32 Å². The third-order valence-electron chi connectivity index (χ3n) is 3.30. The summed E-state index contributed by atoms with van der Waals surface area (Å²) in [6, 6.07) is 7.92. The van der Waals surface area contributed by atoms with Gasteiger partial charge in [0.2, 0.25) is 0 Å². The van der Waals surface area contributed by atoms with E-state index in [0.717, 1.165) is 17.7 Å². The van der Waals surface area contributed by atoms with Crippen molar-refractivity contribution in [3.63, 3.8) is 0 Å². The molecule has 3 nitrogen and oxygen atoms in total. The zero-order valence-corrected chi connectivity index (χ0v) is 14.0. The molecule has 1 atom stereocenters. The fourth-order valence-corrected chi connectivity index (χ4v) is 3.33. The molecule has 0 aliphatic carbocycles. The van der Waals surface area contributed by atoms with Gasteiger partial charge in [0.05, 0.1) is 5.51 Å². The van der Waals surface area contributed by atoms with Crippen molar-refractivity contribution in [2.75, 3.05) is 5.32 Å². The minimum absolute atomic E-state index is 0.202. The standard InChI is InChI=1S/C16H19ClN2OS/c1-10(2)8-11(3)12-6-4-5-7-13(12)19-16(20)14-15(17)18-9-21-14/h4-7,9-11H,8H2,1-3H3,(H,19,20). The van der Waals surface area contributed by atoms with Crippen LogP contribution in [0.15, 0.2) is 29.8 Å². The van der Waals surface area contributed by atoms with Crippen molar-refractivity contribution in [2.45, 2.75) is 33.1 Å². The number of benzene rings is 1. The minimum atomic E-state index is -0.202.